The topological polar surface area (TPSA) is 13.0 Å². The Bertz CT molecular complexity index is 6050. The summed E-state index contributed by atoms with van der Waals surface area (Å²) >= 11 is 7.45. The van der Waals surface area contributed by atoms with Crippen molar-refractivity contribution in [3.8, 4) is 11.1 Å². The van der Waals surface area contributed by atoms with Crippen molar-refractivity contribution in [2.75, 3.05) is 19.6 Å². The Balaban J connectivity index is 0.000000144. The number of anilines is 12. The predicted octanol–water partition coefficient (Wildman–Crippen LogP) is 28.7. The molecule has 0 amide bonds. The molecule has 4 aromatic heterocycles. The van der Waals surface area contributed by atoms with Gasteiger partial charge in [-0.1, -0.05) is 188 Å². The molecular weight excluding hydrogens is 1280 g/mol. The van der Waals surface area contributed by atoms with Crippen LogP contribution >= 0.6 is 45.3 Å². The van der Waals surface area contributed by atoms with Gasteiger partial charge in [0, 0.05) is 149 Å². The normalized spacial score (nSPS) is 11.5. The summed E-state index contributed by atoms with van der Waals surface area (Å²) in [5.41, 5.74) is 17.5. The molecule has 0 fully saturated rings. The molecule has 4 heterocycles. The monoisotopic (exact) mass is 1340 g/mol. The third-order valence-electron chi connectivity index (χ3n) is 18.8. The van der Waals surface area contributed by atoms with Crippen molar-refractivity contribution < 1.29 is 0 Å². The third kappa shape index (κ3) is 11.3. The van der Waals surface area contributed by atoms with Crippen LogP contribution < -0.4 is 19.6 Å². The molecule has 15 aromatic carbocycles. The fourth-order valence-electron chi connectivity index (χ4n) is 14.2. The molecule has 0 saturated carbocycles. The van der Waals surface area contributed by atoms with Crippen molar-refractivity contribution >= 4 is 194 Å². The Morgan fingerprint density at radius 1 is 0.172 bits per heavy atom. The van der Waals surface area contributed by atoms with Gasteiger partial charge < -0.3 is 19.6 Å². The van der Waals surface area contributed by atoms with Gasteiger partial charge in [0.1, 0.15) is 0 Å². The van der Waals surface area contributed by atoms with E-state index in [1.54, 1.807) is 0 Å². The van der Waals surface area contributed by atoms with E-state index in [2.05, 4.69) is 384 Å². The second-order valence-corrected chi connectivity index (χ2v) is 29.2. The van der Waals surface area contributed by atoms with Gasteiger partial charge in [0.2, 0.25) is 0 Å². The van der Waals surface area contributed by atoms with Gasteiger partial charge in [-0.15, -0.1) is 45.3 Å². The second-order valence-electron chi connectivity index (χ2n) is 24.9. The average Bonchev–Trinajstić information content (AvgIpc) is 1.67. The Labute approximate surface area is 590 Å². The van der Waals surface area contributed by atoms with Crippen LogP contribution in [0.1, 0.15) is 5.56 Å². The molecular formula is C91H62N4S4. The highest BCUT2D eigenvalue weighted by Crippen LogP contribution is 2.49. The lowest BCUT2D eigenvalue weighted by atomic mass is 10.0. The van der Waals surface area contributed by atoms with Crippen molar-refractivity contribution in [3.63, 3.8) is 0 Å². The van der Waals surface area contributed by atoms with Crippen LogP contribution in [-0.2, 0) is 0 Å². The molecule has 0 atom stereocenters. The minimum Gasteiger partial charge on any atom is -0.310 e. The number of para-hydroxylation sites is 5. The third-order valence-corrected chi connectivity index (χ3v) is 23.3. The van der Waals surface area contributed by atoms with Crippen LogP contribution in [0.4, 0.5) is 68.2 Å². The lowest BCUT2D eigenvalue weighted by Gasteiger charge is -2.26. The maximum atomic E-state index is 2.40. The first kappa shape index (κ1) is 59.8. The number of hydrogen-bond acceptors (Lipinski definition) is 8. The highest BCUT2D eigenvalue weighted by molar-refractivity contribution is 7.27. The summed E-state index contributed by atoms with van der Waals surface area (Å²) in [5, 5.41) is 10.4. The fourth-order valence-corrected chi connectivity index (χ4v) is 18.8. The number of fused-ring (bicyclic) bond motifs is 12. The number of benzene rings is 15. The summed E-state index contributed by atoms with van der Waals surface area (Å²) in [4.78, 5) is 9.48. The van der Waals surface area contributed by atoms with Gasteiger partial charge in [-0.05, 0) is 193 Å². The molecule has 0 unspecified atom stereocenters. The smallest absolute Gasteiger partial charge is 0.0478 e. The molecule has 0 aliphatic rings. The molecule has 4 nitrogen and oxygen atoms in total. The molecule has 470 valence electrons. The van der Waals surface area contributed by atoms with Crippen LogP contribution in [0.5, 0.6) is 0 Å². The second kappa shape index (κ2) is 25.7. The van der Waals surface area contributed by atoms with Crippen molar-refractivity contribution in [2.45, 2.75) is 6.92 Å². The van der Waals surface area contributed by atoms with Gasteiger partial charge in [0.15, 0.2) is 0 Å². The van der Waals surface area contributed by atoms with Crippen LogP contribution in [-0.4, -0.2) is 0 Å². The van der Waals surface area contributed by atoms with Gasteiger partial charge in [-0.3, -0.25) is 0 Å². The van der Waals surface area contributed by atoms with E-state index in [1.807, 2.05) is 45.3 Å². The number of aryl methyl sites for hydroxylation is 1. The zero-order valence-corrected chi connectivity index (χ0v) is 57.3. The summed E-state index contributed by atoms with van der Waals surface area (Å²) in [6, 6.07) is 130. The Morgan fingerprint density at radius 3 is 0.889 bits per heavy atom. The standard InChI is InChI=1S/C48H32N2S2.C43H30N2S2/c1-4-12-33(13-5-1)34-20-22-37(23-21-34)50(39-24-27-42-41-18-10-11-19-45(41)51-47(42)31-39)40-25-28-43-44-30-38(26-29-46(44)52-48(43)32-40)49(35-14-6-2-7-15-35)36-16-8-3-9-17-36;1-29-25-35(45(32-17-9-4-10-18-32)34-21-23-37-36-19-11-12-20-39(36)46-41(37)27-34)28-42-43(29)38-26-33(22-24-40(38)47-42)44(30-13-5-2-6-14-30)31-15-7-3-8-16-31/h1-32H;2-28H,1H3. The average molecular weight is 1340 g/mol. The van der Waals surface area contributed by atoms with Crippen molar-refractivity contribution in [1.29, 1.82) is 0 Å². The molecule has 8 heteroatoms. The van der Waals surface area contributed by atoms with Gasteiger partial charge in [-0.2, -0.15) is 0 Å². The summed E-state index contributed by atoms with van der Waals surface area (Å²) in [5.74, 6) is 0. The summed E-state index contributed by atoms with van der Waals surface area (Å²) < 4.78 is 10.4. The van der Waals surface area contributed by atoms with Crippen LogP contribution in [0.25, 0.3) is 91.8 Å². The predicted molar refractivity (Wildman–Crippen MR) is 433 cm³/mol. The Hall–Kier alpha value is -11.6. The SMILES string of the molecule is Cc1cc(N(c2ccccc2)c2ccc3c(c2)sc2ccccc23)cc2sc3ccc(N(c4ccccc4)c4ccccc4)cc3c12.c1ccc(-c2ccc(N(c3ccc4c(c3)sc3ccccc34)c3ccc4c(c3)sc3ccc(N(c5ccccc5)c5ccccc5)cc34)cc2)cc1. The van der Waals surface area contributed by atoms with Crippen molar-refractivity contribution in [3.05, 3.63) is 363 Å². The molecule has 19 rings (SSSR count). The molecule has 0 N–H and O–H groups in total. The highest BCUT2D eigenvalue weighted by Gasteiger charge is 2.22. The van der Waals surface area contributed by atoms with Crippen LogP contribution in [0, 0.1) is 6.92 Å². The zero-order valence-electron chi connectivity index (χ0n) is 54.0. The fraction of sp³-hybridized carbons (Fsp3) is 0.0110. The van der Waals surface area contributed by atoms with E-state index >= 15 is 0 Å². The number of nitrogens with zero attached hydrogens (tertiary/aromatic N) is 4. The highest BCUT2D eigenvalue weighted by atomic mass is 32.1. The molecule has 0 radical (unpaired) electrons. The Kier molecular flexibility index (Phi) is 15.6. The van der Waals surface area contributed by atoms with Crippen LogP contribution in [0.15, 0.2) is 358 Å². The first-order valence-electron chi connectivity index (χ1n) is 33.4. The van der Waals surface area contributed by atoms with E-state index in [4.69, 9.17) is 0 Å². The van der Waals surface area contributed by atoms with Crippen LogP contribution in [0.2, 0.25) is 0 Å². The first-order chi connectivity index (χ1) is 49.0. The number of thiophene rings is 4. The molecule has 0 spiro atoms. The van der Waals surface area contributed by atoms with E-state index in [1.165, 1.54) is 109 Å². The molecule has 19 aromatic rings. The van der Waals surface area contributed by atoms with E-state index in [9.17, 15) is 0 Å². The lowest BCUT2D eigenvalue weighted by molar-refractivity contribution is 1.29. The molecule has 0 aliphatic heterocycles. The summed E-state index contributed by atoms with van der Waals surface area (Å²) in [6.07, 6.45) is 0. The maximum Gasteiger partial charge on any atom is 0.0478 e. The quantitative estimate of drug-likeness (QED) is 0.114. The minimum absolute atomic E-state index is 1.13. The first-order valence-corrected chi connectivity index (χ1v) is 36.6. The number of rotatable bonds is 13. The largest absolute Gasteiger partial charge is 0.310 e. The van der Waals surface area contributed by atoms with Gasteiger partial charge in [0.25, 0.3) is 0 Å². The molecule has 99 heavy (non-hydrogen) atoms. The van der Waals surface area contributed by atoms with Gasteiger partial charge >= 0.3 is 0 Å². The lowest BCUT2D eigenvalue weighted by Crippen LogP contribution is -2.10. The van der Waals surface area contributed by atoms with E-state index in [-0.39, 0.29) is 0 Å². The number of hydrogen-bond donors (Lipinski definition) is 0. The Morgan fingerprint density at radius 2 is 0.444 bits per heavy atom. The molecule has 0 bridgehead atoms. The molecule has 0 saturated heterocycles. The van der Waals surface area contributed by atoms with Gasteiger partial charge in [0.05, 0.1) is 0 Å². The van der Waals surface area contributed by atoms with E-state index in [0.717, 1.165) is 56.9 Å². The minimum atomic E-state index is 1.13. The van der Waals surface area contributed by atoms with E-state index < -0.39 is 0 Å². The zero-order chi connectivity index (χ0) is 65.8. The molecule has 0 aliphatic carbocycles. The van der Waals surface area contributed by atoms with Crippen molar-refractivity contribution in [1.82, 2.24) is 0 Å². The summed E-state index contributed by atoms with van der Waals surface area (Å²) in [6.45, 7) is 2.26. The van der Waals surface area contributed by atoms with Crippen molar-refractivity contribution in [2.24, 2.45) is 0 Å². The van der Waals surface area contributed by atoms with Gasteiger partial charge in [-0.25, -0.2) is 0 Å². The van der Waals surface area contributed by atoms with E-state index in [0.29, 0.717) is 0 Å². The maximum absolute atomic E-state index is 2.40. The summed E-state index contributed by atoms with van der Waals surface area (Å²) in [7, 11) is 0. The van der Waals surface area contributed by atoms with Crippen LogP contribution in [0.3, 0.4) is 0 Å².